The van der Waals surface area contributed by atoms with Crippen LogP contribution in [0.2, 0.25) is 0 Å². The molecule has 0 spiro atoms. The van der Waals surface area contributed by atoms with E-state index in [9.17, 15) is 0 Å². The van der Waals surface area contributed by atoms with Gasteiger partial charge in [0.05, 0.1) is 18.8 Å². The van der Waals surface area contributed by atoms with E-state index in [-0.39, 0.29) is 12.1 Å². The molecule has 0 aromatic heterocycles. The van der Waals surface area contributed by atoms with Gasteiger partial charge in [0.25, 0.3) is 0 Å². The summed E-state index contributed by atoms with van der Waals surface area (Å²) in [6.07, 6.45) is 0.906. The molecule has 2 aromatic carbocycles. The van der Waals surface area contributed by atoms with Gasteiger partial charge in [-0.1, -0.05) is 24.3 Å². The number of benzene rings is 2. The molecule has 0 saturated heterocycles. The third kappa shape index (κ3) is 2.41. The summed E-state index contributed by atoms with van der Waals surface area (Å²) < 4.78 is 6.30. The molecule has 104 valence electrons. The lowest BCUT2D eigenvalue weighted by Gasteiger charge is -2.17. The van der Waals surface area contributed by atoms with Crippen LogP contribution in [0.3, 0.4) is 0 Å². The molecule has 1 aliphatic carbocycles. The zero-order valence-electron chi connectivity index (χ0n) is 11.3. The Bertz CT molecular complexity index is 630. The van der Waals surface area contributed by atoms with Gasteiger partial charge in [0.1, 0.15) is 5.75 Å². The first-order valence-corrected chi connectivity index (χ1v) is 7.43. The molecule has 2 unspecified atom stereocenters. The van der Waals surface area contributed by atoms with Crippen molar-refractivity contribution in [2.24, 2.45) is 5.73 Å². The summed E-state index contributed by atoms with van der Waals surface area (Å²) in [4.78, 5) is 0. The number of hydrogen-bond acceptors (Lipinski definition) is 3. The van der Waals surface area contributed by atoms with Crippen LogP contribution in [0.25, 0.3) is 0 Å². The monoisotopic (exact) mass is 332 g/mol. The Morgan fingerprint density at radius 3 is 2.70 bits per heavy atom. The lowest BCUT2D eigenvalue weighted by molar-refractivity contribution is 0.415. The van der Waals surface area contributed by atoms with Gasteiger partial charge in [-0.25, -0.2) is 0 Å². The van der Waals surface area contributed by atoms with Crippen LogP contribution in [0.5, 0.6) is 5.75 Å². The van der Waals surface area contributed by atoms with Crippen molar-refractivity contribution in [1.82, 2.24) is 0 Å². The van der Waals surface area contributed by atoms with Gasteiger partial charge in [0, 0.05) is 16.6 Å². The van der Waals surface area contributed by atoms with Crippen LogP contribution in [-0.2, 0) is 0 Å². The van der Waals surface area contributed by atoms with E-state index in [0.29, 0.717) is 0 Å². The Hall–Kier alpha value is -1.52. The molecule has 3 rings (SSSR count). The number of fused-ring (bicyclic) bond motifs is 1. The average molecular weight is 333 g/mol. The third-order valence-corrected chi connectivity index (χ3v) is 4.46. The molecule has 0 radical (unpaired) electrons. The van der Waals surface area contributed by atoms with Gasteiger partial charge in [-0.2, -0.15) is 0 Å². The SMILES string of the molecule is COc1ccc(Br)c(NC2CC(N)c3ccccc32)c1. The summed E-state index contributed by atoms with van der Waals surface area (Å²) in [7, 11) is 1.67. The summed E-state index contributed by atoms with van der Waals surface area (Å²) in [5, 5.41) is 3.56. The van der Waals surface area contributed by atoms with E-state index < -0.39 is 0 Å². The molecule has 3 nitrogen and oxygen atoms in total. The minimum atomic E-state index is 0.105. The zero-order valence-corrected chi connectivity index (χ0v) is 12.9. The first-order chi connectivity index (χ1) is 9.69. The van der Waals surface area contributed by atoms with Crippen molar-refractivity contribution in [3.63, 3.8) is 0 Å². The number of rotatable bonds is 3. The minimum absolute atomic E-state index is 0.105. The highest BCUT2D eigenvalue weighted by atomic mass is 79.9. The third-order valence-electron chi connectivity index (χ3n) is 3.76. The van der Waals surface area contributed by atoms with Crippen LogP contribution in [0.15, 0.2) is 46.9 Å². The molecule has 2 aromatic rings. The van der Waals surface area contributed by atoms with Gasteiger partial charge in [0.15, 0.2) is 0 Å². The predicted octanol–water partition coefficient (Wildman–Crippen LogP) is 4.01. The number of ether oxygens (including phenoxy) is 1. The number of methoxy groups -OCH3 is 1. The quantitative estimate of drug-likeness (QED) is 0.892. The maximum Gasteiger partial charge on any atom is 0.121 e. The van der Waals surface area contributed by atoms with E-state index >= 15 is 0 Å². The Morgan fingerprint density at radius 1 is 1.20 bits per heavy atom. The highest BCUT2D eigenvalue weighted by Crippen LogP contribution is 2.40. The normalized spacial score (nSPS) is 20.6. The number of halogens is 1. The molecule has 0 saturated carbocycles. The maximum atomic E-state index is 6.21. The van der Waals surface area contributed by atoms with Gasteiger partial charge in [-0.15, -0.1) is 0 Å². The number of anilines is 1. The van der Waals surface area contributed by atoms with Crippen LogP contribution in [0.4, 0.5) is 5.69 Å². The highest BCUT2D eigenvalue weighted by Gasteiger charge is 2.28. The fraction of sp³-hybridized carbons (Fsp3) is 0.250. The second kappa shape index (κ2) is 5.46. The van der Waals surface area contributed by atoms with Crippen LogP contribution >= 0.6 is 15.9 Å². The topological polar surface area (TPSA) is 47.3 Å². The second-order valence-electron chi connectivity index (χ2n) is 5.01. The molecule has 0 aliphatic heterocycles. The first kappa shape index (κ1) is 13.5. The van der Waals surface area contributed by atoms with E-state index in [1.165, 1.54) is 11.1 Å². The molecule has 2 atom stereocenters. The van der Waals surface area contributed by atoms with Gasteiger partial charge in [-0.05, 0) is 45.6 Å². The lowest BCUT2D eigenvalue weighted by atomic mass is 10.1. The lowest BCUT2D eigenvalue weighted by Crippen LogP contribution is -2.10. The second-order valence-corrected chi connectivity index (χ2v) is 5.87. The maximum absolute atomic E-state index is 6.21. The van der Waals surface area contributed by atoms with Crippen molar-refractivity contribution in [2.75, 3.05) is 12.4 Å². The fourth-order valence-corrected chi connectivity index (χ4v) is 3.10. The first-order valence-electron chi connectivity index (χ1n) is 6.63. The van der Waals surface area contributed by atoms with Gasteiger partial charge >= 0.3 is 0 Å². The molecular weight excluding hydrogens is 316 g/mol. The van der Waals surface area contributed by atoms with E-state index in [2.05, 4.69) is 39.4 Å². The molecule has 0 amide bonds. The summed E-state index contributed by atoms with van der Waals surface area (Å²) in [6, 6.07) is 14.6. The Labute approximate surface area is 127 Å². The van der Waals surface area contributed by atoms with Gasteiger partial charge in [0.2, 0.25) is 0 Å². The van der Waals surface area contributed by atoms with E-state index in [0.717, 1.165) is 22.3 Å². The Kier molecular flexibility index (Phi) is 3.68. The molecular formula is C16H17BrN2O. The number of nitrogens with one attached hydrogen (secondary N) is 1. The smallest absolute Gasteiger partial charge is 0.121 e. The van der Waals surface area contributed by atoms with Crippen molar-refractivity contribution in [3.8, 4) is 5.75 Å². The minimum Gasteiger partial charge on any atom is -0.497 e. The predicted molar refractivity (Wildman–Crippen MR) is 85.0 cm³/mol. The van der Waals surface area contributed by atoms with Crippen molar-refractivity contribution in [3.05, 3.63) is 58.1 Å². The molecule has 3 N–H and O–H groups in total. The molecule has 0 heterocycles. The summed E-state index contributed by atoms with van der Waals surface area (Å²) in [6.45, 7) is 0. The van der Waals surface area contributed by atoms with Crippen molar-refractivity contribution in [2.45, 2.75) is 18.5 Å². The summed E-state index contributed by atoms with van der Waals surface area (Å²) in [5.74, 6) is 0.839. The average Bonchev–Trinajstić information content (AvgIpc) is 2.78. The Morgan fingerprint density at radius 2 is 1.95 bits per heavy atom. The molecule has 1 aliphatic rings. The van der Waals surface area contributed by atoms with Crippen molar-refractivity contribution >= 4 is 21.6 Å². The standard InChI is InChI=1S/C16H17BrN2O/c1-20-10-6-7-13(17)16(8-10)19-15-9-14(18)11-4-2-3-5-12(11)15/h2-8,14-15,19H,9,18H2,1H3. The highest BCUT2D eigenvalue weighted by molar-refractivity contribution is 9.10. The van der Waals surface area contributed by atoms with Crippen LogP contribution in [0, 0.1) is 0 Å². The molecule has 20 heavy (non-hydrogen) atoms. The zero-order chi connectivity index (χ0) is 14.1. The van der Waals surface area contributed by atoms with Crippen molar-refractivity contribution in [1.29, 1.82) is 0 Å². The van der Waals surface area contributed by atoms with Crippen LogP contribution < -0.4 is 15.8 Å². The van der Waals surface area contributed by atoms with E-state index in [1.807, 2.05) is 24.3 Å². The van der Waals surface area contributed by atoms with Crippen LogP contribution in [-0.4, -0.2) is 7.11 Å². The molecule has 0 bridgehead atoms. The van der Waals surface area contributed by atoms with Crippen LogP contribution in [0.1, 0.15) is 29.6 Å². The van der Waals surface area contributed by atoms with E-state index in [4.69, 9.17) is 10.5 Å². The molecule has 4 heteroatoms. The van der Waals surface area contributed by atoms with Gasteiger partial charge < -0.3 is 15.8 Å². The molecule has 0 fully saturated rings. The fourth-order valence-electron chi connectivity index (χ4n) is 2.74. The Balaban J connectivity index is 1.90. The largest absolute Gasteiger partial charge is 0.497 e. The summed E-state index contributed by atoms with van der Waals surface area (Å²) in [5.41, 5.74) is 9.76. The van der Waals surface area contributed by atoms with Gasteiger partial charge in [-0.3, -0.25) is 0 Å². The van der Waals surface area contributed by atoms with Crippen molar-refractivity contribution < 1.29 is 4.74 Å². The summed E-state index contributed by atoms with van der Waals surface area (Å²) >= 11 is 3.57. The van der Waals surface area contributed by atoms with E-state index in [1.54, 1.807) is 7.11 Å². The number of nitrogens with two attached hydrogens (primary N) is 1. The number of hydrogen-bond donors (Lipinski definition) is 2.